The number of halogens is 1. The van der Waals surface area contributed by atoms with E-state index in [1.165, 1.54) is 36.6 Å². The van der Waals surface area contributed by atoms with Crippen LogP contribution in [0.5, 0.6) is 0 Å². The fraction of sp³-hybridized carbons (Fsp3) is 0.179. The third-order valence-corrected chi connectivity index (χ3v) is 5.50. The highest BCUT2D eigenvalue weighted by Gasteiger charge is 2.12. The Morgan fingerprint density at radius 3 is 2.03 bits per heavy atom. The fourth-order valence-corrected chi connectivity index (χ4v) is 3.87. The average Bonchev–Trinajstić information content (AvgIpc) is 2.85. The van der Waals surface area contributed by atoms with Gasteiger partial charge in [0, 0.05) is 16.1 Å². The van der Waals surface area contributed by atoms with E-state index in [4.69, 9.17) is 16.6 Å². The molecule has 31 heavy (non-hydrogen) atoms. The van der Waals surface area contributed by atoms with Crippen LogP contribution in [0.2, 0.25) is 5.02 Å². The van der Waals surface area contributed by atoms with E-state index < -0.39 is 0 Å². The van der Waals surface area contributed by atoms with E-state index in [1.54, 1.807) is 0 Å². The van der Waals surface area contributed by atoms with Gasteiger partial charge < -0.3 is 5.73 Å². The van der Waals surface area contributed by atoms with Crippen molar-refractivity contribution in [1.82, 2.24) is 4.98 Å². The first-order valence-corrected chi connectivity index (χ1v) is 11.1. The fourth-order valence-electron chi connectivity index (χ4n) is 3.64. The SMILES string of the molecule is CCCCc1ccccc1-c1cc(-c2ccccc2)nc(-c2ccccc2Cl)c1.CN. The van der Waals surface area contributed by atoms with Gasteiger partial charge in [-0.2, -0.15) is 0 Å². The molecule has 0 aliphatic rings. The Kier molecular flexibility index (Phi) is 8.40. The van der Waals surface area contributed by atoms with Gasteiger partial charge in [0.1, 0.15) is 0 Å². The molecule has 4 rings (SSSR count). The molecule has 0 saturated heterocycles. The second-order valence-electron chi connectivity index (χ2n) is 7.23. The van der Waals surface area contributed by atoms with Gasteiger partial charge in [0.05, 0.1) is 11.4 Å². The standard InChI is InChI=1S/C27H24ClN.CH5N/c1-2-3-11-20-12-7-8-15-23(20)22-18-26(21-13-5-4-6-14-21)29-27(19-22)24-16-9-10-17-25(24)28;1-2/h4-10,12-19H,2-3,11H2,1H3;2H2,1H3. The smallest absolute Gasteiger partial charge is 0.0730 e. The van der Waals surface area contributed by atoms with Crippen molar-refractivity contribution in [2.45, 2.75) is 26.2 Å². The monoisotopic (exact) mass is 428 g/mol. The highest BCUT2D eigenvalue weighted by atomic mass is 35.5. The summed E-state index contributed by atoms with van der Waals surface area (Å²) in [6.45, 7) is 2.23. The van der Waals surface area contributed by atoms with Crippen LogP contribution in [0.3, 0.4) is 0 Å². The van der Waals surface area contributed by atoms with E-state index >= 15 is 0 Å². The molecule has 2 N–H and O–H groups in total. The van der Waals surface area contributed by atoms with Crippen LogP contribution in [-0.4, -0.2) is 12.0 Å². The largest absolute Gasteiger partial charge is 0.333 e. The Morgan fingerprint density at radius 1 is 0.710 bits per heavy atom. The Labute approximate surface area is 190 Å². The number of pyridine rings is 1. The van der Waals surface area contributed by atoms with Crippen molar-refractivity contribution in [3.63, 3.8) is 0 Å². The molecule has 1 aromatic heterocycles. The second-order valence-corrected chi connectivity index (χ2v) is 7.64. The maximum atomic E-state index is 6.52. The average molecular weight is 429 g/mol. The quantitative estimate of drug-likeness (QED) is 0.342. The van der Waals surface area contributed by atoms with Crippen molar-refractivity contribution in [3.8, 4) is 33.6 Å². The second kappa shape index (κ2) is 11.5. The molecule has 0 atom stereocenters. The zero-order valence-corrected chi connectivity index (χ0v) is 18.9. The predicted molar refractivity (Wildman–Crippen MR) is 134 cm³/mol. The summed E-state index contributed by atoms with van der Waals surface area (Å²) in [6, 6.07) is 31.3. The topological polar surface area (TPSA) is 38.9 Å². The van der Waals surface area contributed by atoms with Crippen molar-refractivity contribution in [2.75, 3.05) is 7.05 Å². The number of benzene rings is 3. The minimum absolute atomic E-state index is 0.718. The molecule has 0 bridgehead atoms. The van der Waals surface area contributed by atoms with Crippen LogP contribution in [0.1, 0.15) is 25.3 Å². The van der Waals surface area contributed by atoms with Gasteiger partial charge in [-0.15, -0.1) is 0 Å². The lowest BCUT2D eigenvalue weighted by Gasteiger charge is -2.14. The molecule has 158 valence electrons. The number of nitrogens with zero attached hydrogens (tertiary/aromatic N) is 1. The molecule has 0 unspecified atom stereocenters. The lowest BCUT2D eigenvalue weighted by atomic mass is 9.94. The molecular formula is C28H29ClN2. The molecule has 0 radical (unpaired) electrons. The highest BCUT2D eigenvalue weighted by molar-refractivity contribution is 6.33. The van der Waals surface area contributed by atoms with Crippen molar-refractivity contribution in [1.29, 1.82) is 0 Å². The lowest BCUT2D eigenvalue weighted by Crippen LogP contribution is -1.94. The van der Waals surface area contributed by atoms with Crippen LogP contribution in [0.15, 0.2) is 91.0 Å². The van der Waals surface area contributed by atoms with Gasteiger partial charge in [-0.05, 0) is 54.8 Å². The Hall–Kier alpha value is -2.94. The van der Waals surface area contributed by atoms with Crippen molar-refractivity contribution in [2.24, 2.45) is 5.73 Å². The third kappa shape index (κ3) is 5.61. The van der Waals surface area contributed by atoms with Gasteiger partial charge in [0.2, 0.25) is 0 Å². The number of aryl methyl sites for hydroxylation is 1. The Balaban J connectivity index is 0.00000132. The van der Waals surface area contributed by atoms with Crippen molar-refractivity contribution < 1.29 is 0 Å². The van der Waals surface area contributed by atoms with Gasteiger partial charge in [-0.1, -0.05) is 97.7 Å². The molecule has 0 amide bonds. The van der Waals surface area contributed by atoms with Gasteiger partial charge in [0.15, 0.2) is 0 Å². The summed E-state index contributed by atoms with van der Waals surface area (Å²) in [6.07, 6.45) is 3.45. The zero-order valence-electron chi connectivity index (χ0n) is 18.2. The molecule has 4 aromatic rings. The number of rotatable bonds is 6. The summed E-state index contributed by atoms with van der Waals surface area (Å²) in [7, 11) is 1.50. The number of nitrogens with two attached hydrogens (primary N) is 1. The molecular weight excluding hydrogens is 400 g/mol. The summed E-state index contributed by atoms with van der Waals surface area (Å²) in [5, 5.41) is 0.718. The van der Waals surface area contributed by atoms with Crippen LogP contribution in [0.25, 0.3) is 33.6 Å². The first-order valence-electron chi connectivity index (χ1n) is 10.7. The molecule has 0 saturated carbocycles. The highest BCUT2D eigenvalue weighted by Crippen LogP contribution is 2.34. The predicted octanol–water partition coefficient (Wildman–Crippen LogP) is 7.65. The first-order chi connectivity index (χ1) is 15.3. The summed E-state index contributed by atoms with van der Waals surface area (Å²) < 4.78 is 0. The maximum absolute atomic E-state index is 6.52. The zero-order chi connectivity index (χ0) is 22.1. The minimum atomic E-state index is 0.718. The number of unbranched alkanes of at least 4 members (excludes halogenated alkanes) is 1. The maximum Gasteiger partial charge on any atom is 0.0730 e. The third-order valence-electron chi connectivity index (χ3n) is 5.17. The van der Waals surface area contributed by atoms with E-state index in [0.717, 1.165) is 34.0 Å². The molecule has 2 nitrogen and oxygen atoms in total. The van der Waals surface area contributed by atoms with Crippen molar-refractivity contribution in [3.05, 3.63) is 102 Å². The van der Waals surface area contributed by atoms with E-state index in [2.05, 4.69) is 61.2 Å². The molecule has 0 aliphatic heterocycles. The summed E-state index contributed by atoms with van der Waals surface area (Å²) in [5.74, 6) is 0. The van der Waals surface area contributed by atoms with Crippen LogP contribution >= 0.6 is 11.6 Å². The summed E-state index contributed by atoms with van der Waals surface area (Å²) in [4.78, 5) is 4.97. The lowest BCUT2D eigenvalue weighted by molar-refractivity contribution is 0.796. The van der Waals surface area contributed by atoms with Crippen LogP contribution in [0.4, 0.5) is 0 Å². The van der Waals surface area contributed by atoms with E-state index in [0.29, 0.717) is 0 Å². The van der Waals surface area contributed by atoms with Crippen LogP contribution in [-0.2, 0) is 6.42 Å². The molecule has 1 heterocycles. The molecule has 3 aromatic carbocycles. The van der Waals surface area contributed by atoms with Crippen LogP contribution < -0.4 is 5.73 Å². The Morgan fingerprint density at radius 2 is 1.32 bits per heavy atom. The number of aromatic nitrogens is 1. The number of hydrogen-bond donors (Lipinski definition) is 1. The van der Waals surface area contributed by atoms with E-state index in [1.807, 2.05) is 42.5 Å². The molecule has 0 fully saturated rings. The van der Waals surface area contributed by atoms with Gasteiger partial charge in [0.25, 0.3) is 0 Å². The summed E-state index contributed by atoms with van der Waals surface area (Å²) in [5.41, 5.74) is 12.3. The molecule has 0 aliphatic carbocycles. The Bertz CT molecular complexity index is 1110. The minimum Gasteiger partial charge on any atom is -0.333 e. The van der Waals surface area contributed by atoms with E-state index in [9.17, 15) is 0 Å². The van der Waals surface area contributed by atoms with Crippen molar-refractivity contribution >= 4 is 11.6 Å². The van der Waals surface area contributed by atoms with Gasteiger partial charge in [-0.3, -0.25) is 0 Å². The van der Waals surface area contributed by atoms with E-state index in [-0.39, 0.29) is 0 Å². The first kappa shape index (κ1) is 22.7. The normalized spacial score (nSPS) is 10.3. The summed E-state index contributed by atoms with van der Waals surface area (Å²) >= 11 is 6.52. The van der Waals surface area contributed by atoms with Crippen LogP contribution in [0, 0.1) is 0 Å². The molecule has 3 heteroatoms. The number of hydrogen-bond acceptors (Lipinski definition) is 2. The van der Waals surface area contributed by atoms with Gasteiger partial charge >= 0.3 is 0 Å². The molecule has 0 spiro atoms. The van der Waals surface area contributed by atoms with Gasteiger partial charge in [-0.25, -0.2) is 4.98 Å².